The molecule has 6 nitrogen and oxygen atoms in total. The number of carbonyl (C=O) groups excluding carboxylic acids is 1. The Kier molecular flexibility index (Phi) is 3.72. The summed E-state index contributed by atoms with van der Waals surface area (Å²) in [5, 5.41) is 16.8. The molecule has 0 atom stereocenters. The molecule has 3 aromatic rings. The predicted molar refractivity (Wildman–Crippen MR) is 82.1 cm³/mol. The van der Waals surface area contributed by atoms with Gasteiger partial charge in [-0.05, 0) is 37.3 Å². The number of hydrogen-bond acceptors (Lipinski definition) is 5. The molecule has 0 fully saturated rings. The van der Waals surface area contributed by atoms with Gasteiger partial charge in [0.05, 0.1) is 5.56 Å². The first-order valence-electron chi connectivity index (χ1n) is 6.84. The van der Waals surface area contributed by atoms with E-state index in [0.717, 1.165) is 0 Å². The summed E-state index contributed by atoms with van der Waals surface area (Å²) in [6, 6.07) is 13.1. The Bertz CT molecular complexity index is 882. The fraction of sp³-hybridized carbons (Fsp3) is 0.0588. The summed E-state index contributed by atoms with van der Waals surface area (Å²) in [5.74, 6) is -0.590. The number of carboxylic acids is 1. The van der Waals surface area contributed by atoms with Crippen molar-refractivity contribution in [2.45, 2.75) is 6.92 Å². The lowest BCUT2D eigenvalue weighted by atomic mass is 10.0. The highest BCUT2D eigenvalue weighted by atomic mass is 16.4. The van der Waals surface area contributed by atoms with Gasteiger partial charge in [-0.1, -0.05) is 18.2 Å². The number of hydrogen-bond donors (Lipinski definition) is 1. The zero-order valence-corrected chi connectivity index (χ0v) is 12.2. The van der Waals surface area contributed by atoms with Gasteiger partial charge in [-0.15, -0.1) is 10.2 Å². The minimum absolute atomic E-state index is 0.0915. The molecule has 1 N–H and O–H groups in total. The zero-order valence-electron chi connectivity index (χ0n) is 12.2. The van der Waals surface area contributed by atoms with Gasteiger partial charge < -0.3 is 9.52 Å². The second kappa shape index (κ2) is 5.84. The monoisotopic (exact) mass is 308 g/mol. The van der Waals surface area contributed by atoms with Crippen LogP contribution in [0.5, 0.6) is 0 Å². The number of carboxylic acid groups (broad SMARTS) is 1. The van der Waals surface area contributed by atoms with E-state index in [1.807, 2.05) is 0 Å². The summed E-state index contributed by atoms with van der Waals surface area (Å²) in [6.07, 6.45) is 0. The second-order valence-corrected chi connectivity index (χ2v) is 4.90. The normalized spacial score (nSPS) is 10.5. The number of rotatable bonds is 4. The Morgan fingerprint density at radius 3 is 2.26 bits per heavy atom. The van der Waals surface area contributed by atoms with Crippen molar-refractivity contribution < 1.29 is 19.1 Å². The van der Waals surface area contributed by atoms with Gasteiger partial charge in [-0.3, -0.25) is 4.79 Å². The van der Waals surface area contributed by atoms with Gasteiger partial charge in [0.25, 0.3) is 0 Å². The quantitative estimate of drug-likeness (QED) is 0.743. The molecule has 0 radical (unpaired) electrons. The maximum absolute atomic E-state index is 11.7. The zero-order chi connectivity index (χ0) is 16.4. The maximum atomic E-state index is 11.7. The van der Waals surface area contributed by atoms with E-state index in [2.05, 4.69) is 10.2 Å². The summed E-state index contributed by atoms with van der Waals surface area (Å²) in [7, 11) is 0. The van der Waals surface area contributed by atoms with Crippen LogP contribution in [0.3, 0.4) is 0 Å². The van der Waals surface area contributed by atoms with Gasteiger partial charge in [0, 0.05) is 16.7 Å². The average molecular weight is 308 g/mol. The standard InChI is InChI=1S/C17H12N2O4/c1-10(20)13-4-2-3-5-14(13)16-19-18-15(23-16)11-6-8-12(9-7-11)17(21)22/h2-9H,1H3,(H,21,22). The Balaban J connectivity index is 1.98. The van der Waals surface area contributed by atoms with Crippen molar-refractivity contribution in [2.24, 2.45) is 0 Å². The molecular formula is C17H12N2O4. The molecule has 114 valence electrons. The molecule has 0 saturated carbocycles. The van der Waals surface area contributed by atoms with E-state index in [4.69, 9.17) is 9.52 Å². The fourth-order valence-electron chi connectivity index (χ4n) is 2.18. The molecular weight excluding hydrogens is 296 g/mol. The first-order valence-corrected chi connectivity index (χ1v) is 6.84. The maximum Gasteiger partial charge on any atom is 0.335 e. The van der Waals surface area contributed by atoms with Crippen LogP contribution in [0.2, 0.25) is 0 Å². The Morgan fingerprint density at radius 2 is 1.61 bits per heavy atom. The average Bonchev–Trinajstić information content (AvgIpc) is 3.04. The molecule has 0 bridgehead atoms. The van der Waals surface area contributed by atoms with Crippen molar-refractivity contribution in [2.75, 3.05) is 0 Å². The van der Waals surface area contributed by atoms with Crippen molar-refractivity contribution in [1.82, 2.24) is 10.2 Å². The number of aromatic carboxylic acids is 1. The van der Waals surface area contributed by atoms with Gasteiger partial charge in [-0.25, -0.2) is 4.79 Å². The first kappa shape index (κ1) is 14.6. The molecule has 1 aromatic heterocycles. The molecule has 3 rings (SSSR count). The number of aromatic nitrogens is 2. The second-order valence-electron chi connectivity index (χ2n) is 4.90. The van der Waals surface area contributed by atoms with Crippen LogP contribution in [0.25, 0.3) is 22.9 Å². The summed E-state index contributed by atoms with van der Waals surface area (Å²) in [5.41, 5.74) is 1.86. The summed E-state index contributed by atoms with van der Waals surface area (Å²) in [4.78, 5) is 22.5. The van der Waals surface area contributed by atoms with Crippen LogP contribution in [0.1, 0.15) is 27.6 Å². The number of carbonyl (C=O) groups is 2. The molecule has 6 heteroatoms. The van der Waals surface area contributed by atoms with Crippen molar-refractivity contribution in [3.8, 4) is 22.9 Å². The van der Waals surface area contributed by atoms with Gasteiger partial charge in [-0.2, -0.15) is 0 Å². The van der Waals surface area contributed by atoms with E-state index < -0.39 is 5.97 Å². The van der Waals surface area contributed by atoms with E-state index in [-0.39, 0.29) is 23.1 Å². The van der Waals surface area contributed by atoms with Crippen LogP contribution < -0.4 is 0 Å². The van der Waals surface area contributed by atoms with Crippen LogP contribution in [0.15, 0.2) is 52.9 Å². The molecule has 0 spiro atoms. The van der Waals surface area contributed by atoms with Crippen molar-refractivity contribution in [3.63, 3.8) is 0 Å². The van der Waals surface area contributed by atoms with Crippen LogP contribution in [0, 0.1) is 0 Å². The van der Waals surface area contributed by atoms with Gasteiger partial charge in [0.2, 0.25) is 11.8 Å². The van der Waals surface area contributed by atoms with Gasteiger partial charge >= 0.3 is 5.97 Å². The van der Waals surface area contributed by atoms with E-state index >= 15 is 0 Å². The molecule has 23 heavy (non-hydrogen) atoms. The third-order valence-electron chi connectivity index (χ3n) is 3.34. The summed E-state index contributed by atoms with van der Waals surface area (Å²) < 4.78 is 5.63. The molecule has 2 aromatic carbocycles. The number of nitrogens with zero attached hydrogens (tertiary/aromatic N) is 2. The Hall–Kier alpha value is -3.28. The number of ketones is 1. The third-order valence-corrected chi connectivity index (χ3v) is 3.34. The van der Waals surface area contributed by atoms with E-state index in [0.29, 0.717) is 16.7 Å². The Morgan fingerprint density at radius 1 is 0.957 bits per heavy atom. The third kappa shape index (κ3) is 2.87. The molecule has 1 heterocycles. The van der Waals surface area contributed by atoms with Crippen molar-refractivity contribution in [1.29, 1.82) is 0 Å². The summed E-state index contributed by atoms with van der Waals surface area (Å²) >= 11 is 0. The smallest absolute Gasteiger partial charge is 0.335 e. The van der Waals surface area contributed by atoms with E-state index in [1.165, 1.54) is 19.1 Å². The highest BCUT2D eigenvalue weighted by Crippen LogP contribution is 2.26. The van der Waals surface area contributed by atoms with Gasteiger partial charge in [0.1, 0.15) is 0 Å². The Labute approximate surface area is 131 Å². The number of Topliss-reactive ketones (excluding diaryl/α,β-unsaturated/α-hetero) is 1. The van der Waals surface area contributed by atoms with Gasteiger partial charge in [0.15, 0.2) is 5.78 Å². The molecule has 0 unspecified atom stereocenters. The molecule has 0 amide bonds. The lowest BCUT2D eigenvalue weighted by molar-refractivity contribution is 0.0696. The minimum atomic E-state index is -1.00. The predicted octanol–water partition coefficient (Wildman–Crippen LogP) is 3.30. The minimum Gasteiger partial charge on any atom is -0.478 e. The van der Waals surface area contributed by atoms with Crippen molar-refractivity contribution >= 4 is 11.8 Å². The lowest BCUT2D eigenvalue weighted by Crippen LogP contribution is -1.95. The molecule has 0 saturated heterocycles. The fourth-order valence-corrected chi connectivity index (χ4v) is 2.18. The largest absolute Gasteiger partial charge is 0.478 e. The van der Waals surface area contributed by atoms with Crippen LogP contribution in [-0.2, 0) is 0 Å². The first-order chi connectivity index (χ1) is 11.1. The highest BCUT2D eigenvalue weighted by molar-refractivity contribution is 5.99. The van der Waals surface area contributed by atoms with E-state index in [9.17, 15) is 9.59 Å². The van der Waals surface area contributed by atoms with Crippen LogP contribution >= 0.6 is 0 Å². The molecule has 0 aliphatic carbocycles. The lowest BCUT2D eigenvalue weighted by Gasteiger charge is -2.01. The van der Waals surface area contributed by atoms with Crippen molar-refractivity contribution in [3.05, 3.63) is 59.7 Å². The highest BCUT2D eigenvalue weighted by Gasteiger charge is 2.15. The molecule has 0 aliphatic heterocycles. The van der Waals surface area contributed by atoms with Crippen LogP contribution in [-0.4, -0.2) is 27.1 Å². The van der Waals surface area contributed by atoms with E-state index in [1.54, 1.807) is 36.4 Å². The number of benzene rings is 2. The topological polar surface area (TPSA) is 93.3 Å². The summed E-state index contributed by atoms with van der Waals surface area (Å²) in [6.45, 7) is 1.47. The van der Waals surface area contributed by atoms with Crippen LogP contribution in [0.4, 0.5) is 0 Å². The molecule has 0 aliphatic rings. The SMILES string of the molecule is CC(=O)c1ccccc1-c1nnc(-c2ccc(C(=O)O)cc2)o1.